The highest BCUT2D eigenvalue weighted by atomic mass is 19.3. The van der Waals surface area contributed by atoms with Crippen molar-refractivity contribution in [3.63, 3.8) is 0 Å². The van der Waals surface area contributed by atoms with Crippen LogP contribution in [0.2, 0.25) is 0 Å². The van der Waals surface area contributed by atoms with Gasteiger partial charge in [-0.15, -0.1) is 0 Å². The summed E-state index contributed by atoms with van der Waals surface area (Å²) in [6.07, 6.45) is -0.0871. The van der Waals surface area contributed by atoms with Gasteiger partial charge in [0.15, 0.2) is 0 Å². The molecule has 0 radical (unpaired) electrons. The first-order valence-electron chi connectivity index (χ1n) is 8.03. The van der Waals surface area contributed by atoms with Crippen LogP contribution in [0.5, 0.6) is 0 Å². The maximum absolute atomic E-state index is 14.5. The number of amides is 1. The summed E-state index contributed by atoms with van der Waals surface area (Å²) in [7, 11) is 0. The van der Waals surface area contributed by atoms with Gasteiger partial charge in [0.1, 0.15) is 0 Å². The van der Waals surface area contributed by atoms with Gasteiger partial charge in [-0.25, -0.2) is 0 Å². The van der Waals surface area contributed by atoms with Crippen molar-refractivity contribution < 1.29 is 33.4 Å². The van der Waals surface area contributed by atoms with Gasteiger partial charge in [-0.3, -0.25) is 14.4 Å². The van der Waals surface area contributed by atoms with Gasteiger partial charge >= 0.3 is 17.9 Å². The van der Waals surface area contributed by atoms with Crippen LogP contribution in [0.4, 0.5) is 8.78 Å². The molecule has 0 heterocycles. The molecule has 26 heavy (non-hydrogen) atoms. The van der Waals surface area contributed by atoms with Gasteiger partial charge < -0.3 is 15.5 Å². The average molecular weight is 367 g/mol. The van der Waals surface area contributed by atoms with Crippen LogP contribution in [0.25, 0.3) is 0 Å². The van der Waals surface area contributed by atoms with E-state index >= 15 is 0 Å². The van der Waals surface area contributed by atoms with Crippen molar-refractivity contribution in [2.45, 2.75) is 31.7 Å². The van der Waals surface area contributed by atoms with E-state index in [-0.39, 0.29) is 6.42 Å². The number of carbonyl (C=O) groups excluding carboxylic acids is 1. The molecule has 1 aromatic carbocycles. The molecule has 0 saturated carbocycles. The standard InChI is InChI=1S/C18H19F2NO5/c1-10(11-5-3-2-4-6-11)21-17(26)18(19,20)12-7-8-13(15(22)23)14(9-12)16(24)25/h2-7,10,13-14H,8-9H2,1H3,(H,21,26)(H,22,23)(H,24,25)/t10-,13-,14+/m1/s1. The Morgan fingerprint density at radius 1 is 1.12 bits per heavy atom. The number of halogens is 2. The Balaban J connectivity index is 2.16. The zero-order valence-electron chi connectivity index (χ0n) is 14.0. The Hall–Kier alpha value is -2.77. The molecular formula is C18H19F2NO5. The molecule has 6 nitrogen and oxygen atoms in total. The molecular weight excluding hydrogens is 348 g/mol. The quantitative estimate of drug-likeness (QED) is 0.671. The van der Waals surface area contributed by atoms with Gasteiger partial charge in [-0.05, 0) is 25.3 Å². The van der Waals surface area contributed by atoms with Gasteiger partial charge in [0.2, 0.25) is 0 Å². The third-order valence-corrected chi connectivity index (χ3v) is 4.51. The summed E-state index contributed by atoms with van der Waals surface area (Å²) < 4.78 is 29.0. The number of rotatable bonds is 6. The number of hydrogen-bond acceptors (Lipinski definition) is 3. The third kappa shape index (κ3) is 4.07. The van der Waals surface area contributed by atoms with E-state index in [0.29, 0.717) is 5.56 Å². The van der Waals surface area contributed by atoms with Crippen LogP contribution >= 0.6 is 0 Å². The topological polar surface area (TPSA) is 104 Å². The molecule has 8 heteroatoms. The molecule has 1 aliphatic carbocycles. The molecule has 0 aliphatic heterocycles. The van der Waals surface area contributed by atoms with Crippen molar-refractivity contribution in [3.05, 3.63) is 47.5 Å². The lowest BCUT2D eigenvalue weighted by Crippen LogP contribution is -2.45. The van der Waals surface area contributed by atoms with Crippen molar-refractivity contribution in [2.75, 3.05) is 0 Å². The fourth-order valence-electron chi connectivity index (χ4n) is 2.94. The number of allylic oxidation sites excluding steroid dienone is 1. The Morgan fingerprint density at radius 2 is 1.69 bits per heavy atom. The number of benzene rings is 1. The zero-order valence-corrected chi connectivity index (χ0v) is 14.0. The van der Waals surface area contributed by atoms with E-state index in [1.807, 2.05) is 0 Å². The van der Waals surface area contributed by atoms with Crippen LogP contribution in [0.15, 0.2) is 42.0 Å². The number of alkyl halides is 2. The molecule has 0 aromatic heterocycles. The summed E-state index contributed by atoms with van der Waals surface area (Å²) in [6, 6.07) is 7.87. The highest BCUT2D eigenvalue weighted by molar-refractivity contribution is 5.88. The van der Waals surface area contributed by atoms with E-state index in [0.717, 1.165) is 6.08 Å². The highest BCUT2D eigenvalue weighted by Crippen LogP contribution is 2.38. The monoisotopic (exact) mass is 367 g/mol. The van der Waals surface area contributed by atoms with Crippen LogP contribution in [0.1, 0.15) is 31.4 Å². The fourth-order valence-corrected chi connectivity index (χ4v) is 2.94. The van der Waals surface area contributed by atoms with Gasteiger partial charge in [0, 0.05) is 5.57 Å². The summed E-state index contributed by atoms with van der Waals surface area (Å²) in [4.78, 5) is 34.4. The lowest BCUT2D eigenvalue weighted by atomic mass is 9.78. The number of aliphatic carboxylic acids is 2. The van der Waals surface area contributed by atoms with E-state index in [1.54, 1.807) is 37.3 Å². The average Bonchev–Trinajstić information content (AvgIpc) is 2.61. The van der Waals surface area contributed by atoms with Crippen molar-refractivity contribution in [1.82, 2.24) is 5.32 Å². The smallest absolute Gasteiger partial charge is 0.345 e. The van der Waals surface area contributed by atoms with E-state index in [9.17, 15) is 23.2 Å². The van der Waals surface area contributed by atoms with E-state index in [2.05, 4.69) is 5.32 Å². The maximum Gasteiger partial charge on any atom is 0.345 e. The summed E-state index contributed by atoms with van der Waals surface area (Å²) >= 11 is 0. The van der Waals surface area contributed by atoms with Crippen LogP contribution in [0, 0.1) is 11.8 Å². The summed E-state index contributed by atoms with van der Waals surface area (Å²) in [6.45, 7) is 1.55. The minimum atomic E-state index is -3.92. The zero-order chi connectivity index (χ0) is 19.5. The lowest BCUT2D eigenvalue weighted by Gasteiger charge is -2.29. The SMILES string of the molecule is C[C@@H](NC(=O)C(F)(F)C1=CC[C@@H](C(=O)O)[C@@H](C(=O)O)C1)c1ccccc1. The molecule has 0 bridgehead atoms. The number of hydrogen-bond donors (Lipinski definition) is 3. The maximum atomic E-state index is 14.5. The molecule has 0 spiro atoms. The number of carboxylic acid groups (broad SMARTS) is 2. The summed E-state index contributed by atoms with van der Waals surface area (Å²) in [5, 5.41) is 20.4. The molecule has 0 unspecified atom stereocenters. The molecule has 3 N–H and O–H groups in total. The highest BCUT2D eigenvalue weighted by Gasteiger charge is 2.48. The van der Waals surface area contributed by atoms with Crippen LogP contribution in [-0.2, 0) is 14.4 Å². The summed E-state index contributed by atoms with van der Waals surface area (Å²) in [5.74, 6) is -11.1. The third-order valence-electron chi connectivity index (χ3n) is 4.51. The second-order valence-corrected chi connectivity index (χ2v) is 6.24. The van der Waals surface area contributed by atoms with Gasteiger partial charge in [0.25, 0.3) is 5.91 Å². The molecule has 1 aliphatic rings. The van der Waals surface area contributed by atoms with Crippen molar-refractivity contribution in [2.24, 2.45) is 11.8 Å². The first-order chi connectivity index (χ1) is 12.1. The Labute approximate surface area is 148 Å². The predicted molar refractivity (Wildman–Crippen MR) is 87.5 cm³/mol. The Bertz CT molecular complexity index is 732. The second-order valence-electron chi connectivity index (χ2n) is 6.24. The number of carbonyl (C=O) groups is 3. The van der Waals surface area contributed by atoms with E-state index < -0.39 is 53.6 Å². The number of carboxylic acids is 2. The van der Waals surface area contributed by atoms with Crippen LogP contribution in [-0.4, -0.2) is 34.0 Å². The van der Waals surface area contributed by atoms with Gasteiger partial charge in [-0.2, -0.15) is 8.78 Å². The second kappa shape index (κ2) is 7.63. The van der Waals surface area contributed by atoms with Crippen LogP contribution < -0.4 is 5.32 Å². The molecule has 1 aromatic rings. The van der Waals surface area contributed by atoms with E-state index in [4.69, 9.17) is 10.2 Å². The van der Waals surface area contributed by atoms with Crippen molar-refractivity contribution >= 4 is 17.8 Å². The van der Waals surface area contributed by atoms with Crippen molar-refractivity contribution in [3.8, 4) is 0 Å². The predicted octanol–water partition coefficient (Wildman–Crippen LogP) is 2.62. The molecule has 3 atom stereocenters. The molecule has 0 saturated heterocycles. The minimum absolute atomic E-state index is 0.362. The lowest BCUT2D eigenvalue weighted by molar-refractivity contribution is -0.155. The van der Waals surface area contributed by atoms with Crippen LogP contribution in [0.3, 0.4) is 0 Å². The first kappa shape index (κ1) is 19.6. The summed E-state index contributed by atoms with van der Waals surface area (Å²) in [5.41, 5.74) is -0.0243. The largest absolute Gasteiger partial charge is 0.481 e. The van der Waals surface area contributed by atoms with Gasteiger partial charge in [0.05, 0.1) is 17.9 Å². The molecule has 1 amide bonds. The van der Waals surface area contributed by atoms with Gasteiger partial charge in [-0.1, -0.05) is 36.4 Å². The first-order valence-corrected chi connectivity index (χ1v) is 8.03. The molecule has 140 valence electrons. The Morgan fingerprint density at radius 3 is 2.23 bits per heavy atom. The minimum Gasteiger partial charge on any atom is -0.481 e. The molecule has 2 rings (SSSR count). The molecule has 0 fully saturated rings. The normalized spacial score (nSPS) is 21.4. The number of nitrogens with one attached hydrogen (secondary N) is 1. The Kier molecular flexibility index (Phi) is 5.74. The van der Waals surface area contributed by atoms with Crippen molar-refractivity contribution in [1.29, 1.82) is 0 Å². The van der Waals surface area contributed by atoms with E-state index in [1.165, 1.54) is 0 Å². The fraction of sp³-hybridized carbons (Fsp3) is 0.389.